The number of carbonyl (C=O) groups excluding carboxylic acids is 1. The van der Waals surface area contributed by atoms with E-state index in [4.69, 9.17) is 0 Å². The number of nitrogens with zero attached hydrogens (tertiary/aromatic N) is 5. The molecule has 174 valence electrons. The molecular formula is C21H27F3N6O2. The van der Waals surface area contributed by atoms with E-state index < -0.39 is 22.7 Å². The van der Waals surface area contributed by atoms with E-state index in [-0.39, 0.29) is 18.0 Å². The van der Waals surface area contributed by atoms with Crippen molar-refractivity contribution in [2.75, 3.05) is 31.1 Å². The van der Waals surface area contributed by atoms with Crippen LogP contribution in [0.5, 0.6) is 0 Å². The highest BCUT2D eigenvalue weighted by Crippen LogP contribution is 2.29. The number of aryl methyl sites for hydroxylation is 2. The van der Waals surface area contributed by atoms with Crippen LogP contribution in [0, 0.1) is 12.3 Å². The van der Waals surface area contributed by atoms with E-state index in [2.05, 4.69) is 15.1 Å². The first-order valence-corrected chi connectivity index (χ1v) is 10.5. The highest BCUT2D eigenvalue weighted by atomic mass is 19.4. The van der Waals surface area contributed by atoms with Crippen molar-refractivity contribution in [2.24, 2.45) is 5.41 Å². The number of alkyl halides is 3. The molecule has 3 heterocycles. The average Bonchev–Trinajstić information content (AvgIpc) is 2.74. The van der Waals surface area contributed by atoms with Crippen LogP contribution < -0.4 is 10.5 Å². The van der Waals surface area contributed by atoms with Crippen molar-refractivity contribution in [3.63, 3.8) is 0 Å². The summed E-state index contributed by atoms with van der Waals surface area (Å²) in [4.78, 5) is 36.9. The zero-order valence-corrected chi connectivity index (χ0v) is 18.4. The van der Waals surface area contributed by atoms with Gasteiger partial charge in [0.25, 0.3) is 5.56 Å². The van der Waals surface area contributed by atoms with E-state index in [1.54, 1.807) is 12.4 Å². The first-order chi connectivity index (χ1) is 15.0. The van der Waals surface area contributed by atoms with Gasteiger partial charge in [0.2, 0.25) is 11.9 Å². The number of hydrogen-bond donors (Lipinski definition) is 1. The molecule has 1 saturated heterocycles. The number of piperazine rings is 1. The van der Waals surface area contributed by atoms with Crippen LogP contribution in [0.2, 0.25) is 0 Å². The van der Waals surface area contributed by atoms with Crippen molar-refractivity contribution in [3.8, 4) is 0 Å². The fraction of sp³-hybridized carbons (Fsp3) is 0.571. The van der Waals surface area contributed by atoms with Crippen molar-refractivity contribution in [1.82, 2.24) is 25.1 Å². The molecule has 0 atom stereocenters. The standard InChI is InChI=1S/C21H27F3N6O2/c1-14-12-25-19(26-13-14)30-9-7-29(8-10-30)18(32)20(2,3)6-4-5-15-11-16(21(22,23)24)17(31)28-27-15/h11-13H,4-10H2,1-3H3,(H,28,31). The van der Waals surface area contributed by atoms with Crippen LogP contribution in [0.1, 0.15) is 43.5 Å². The third kappa shape index (κ3) is 5.63. The highest BCUT2D eigenvalue weighted by Gasteiger charge is 2.35. The number of amides is 1. The van der Waals surface area contributed by atoms with Gasteiger partial charge in [-0.25, -0.2) is 15.1 Å². The van der Waals surface area contributed by atoms with Gasteiger partial charge in [-0.1, -0.05) is 13.8 Å². The second-order valence-electron chi connectivity index (χ2n) is 8.68. The van der Waals surface area contributed by atoms with E-state index in [0.717, 1.165) is 11.6 Å². The number of carbonyl (C=O) groups is 1. The summed E-state index contributed by atoms with van der Waals surface area (Å²) in [5, 5.41) is 5.60. The molecule has 8 nitrogen and oxygen atoms in total. The van der Waals surface area contributed by atoms with E-state index >= 15 is 0 Å². The minimum Gasteiger partial charge on any atom is -0.339 e. The van der Waals surface area contributed by atoms with E-state index in [1.807, 2.05) is 35.7 Å². The third-order valence-electron chi connectivity index (χ3n) is 5.59. The first-order valence-electron chi connectivity index (χ1n) is 10.5. The smallest absolute Gasteiger partial charge is 0.339 e. The monoisotopic (exact) mass is 452 g/mol. The SMILES string of the molecule is Cc1cnc(N2CCN(C(=O)C(C)(C)CCCc3cc(C(F)(F)F)c(=O)[nH]n3)CC2)nc1. The van der Waals surface area contributed by atoms with Crippen molar-refractivity contribution in [2.45, 2.75) is 46.2 Å². The van der Waals surface area contributed by atoms with Crippen molar-refractivity contribution >= 4 is 11.9 Å². The highest BCUT2D eigenvalue weighted by molar-refractivity contribution is 5.82. The van der Waals surface area contributed by atoms with Crippen LogP contribution in [0.15, 0.2) is 23.3 Å². The zero-order valence-electron chi connectivity index (χ0n) is 18.4. The molecule has 0 spiro atoms. The summed E-state index contributed by atoms with van der Waals surface area (Å²) in [6.07, 6.45) is -0.0291. The van der Waals surface area contributed by atoms with Crippen LogP contribution in [0.4, 0.5) is 19.1 Å². The number of rotatable bonds is 6. The molecule has 11 heteroatoms. The third-order valence-corrected chi connectivity index (χ3v) is 5.59. The van der Waals surface area contributed by atoms with Crippen LogP contribution in [-0.4, -0.2) is 57.2 Å². The lowest BCUT2D eigenvalue weighted by Gasteiger charge is -2.38. The van der Waals surface area contributed by atoms with Crippen LogP contribution in [-0.2, 0) is 17.4 Å². The largest absolute Gasteiger partial charge is 0.421 e. The molecule has 0 bridgehead atoms. The maximum absolute atomic E-state index is 13.0. The minimum atomic E-state index is -4.73. The molecule has 2 aromatic rings. The normalized spacial score (nSPS) is 15.2. The summed E-state index contributed by atoms with van der Waals surface area (Å²) in [6.45, 7) is 7.97. The minimum absolute atomic E-state index is 0.00684. The molecule has 1 N–H and O–H groups in total. The molecule has 0 radical (unpaired) electrons. The average molecular weight is 452 g/mol. The number of aromatic amines is 1. The molecule has 3 rings (SSSR count). The Hall–Kier alpha value is -2.98. The second kappa shape index (κ2) is 9.25. The lowest BCUT2D eigenvalue weighted by atomic mass is 9.85. The van der Waals surface area contributed by atoms with Crippen molar-refractivity contribution < 1.29 is 18.0 Å². The van der Waals surface area contributed by atoms with E-state index in [9.17, 15) is 22.8 Å². The Morgan fingerprint density at radius 1 is 1.12 bits per heavy atom. The second-order valence-corrected chi connectivity index (χ2v) is 8.68. The Morgan fingerprint density at radius 2 is 1.75 bits per heavy atom. The van der Waals surface area contributed by atoms with Gasteiger partial charge in [-0.15, -0.1) is 0 Å². The van der Waals surface area contributed by atoms with Gasteiger partial charge >= 0.3 is 6.18 Å². The first kappa shape index (κ1) is 23.7. The van der Waals surface area contributed by atoms with Gasteiger partial charge in [0.05, 0.1) is 5.69 Å². The summed E-state index contributed by atoms with van der Waals surface area (Å²) < 4.78 is 38.7. The predicted octanol–water partition coefficient (Wildman–Crippen LogP) is 2.58. The fourth-order valence-corrected chi connectivity index (χ4v) is 3.69. The fourth-order valence-electron chi connectivity index (χ4n) is 3.69. The number of H-pyrrole nitrogens is 1. The van der Waals surface area contributed by atoms with E-state index in [1.165, 1.54) is 0 Å². The number of nitrogens with one attached hydrogen (secondary N) is 1. The number of halogens is 3. The Labute approximate surface area is 183 Å². The van der Waals surface area contributed by atoms with E-state index in [0.29, 0.717) is 45.0 Å². The summed E-state index contributed by atoms with van der Waals surface area (Å²) >= 11 is 0. The van der Waals surface area contributed by atoms with Crippen LogP contribution >= 0.6 is 0 Å². The Balaban J connectivity index is 1.53. The van der Waals surface area contributed by atoms with Crippen LogP contribution in [0.25, 0.3) is 0 Å². The Bertz CT molecular complexity index is 996. The Kier molecular flexibility index (Phi) is 6.85. The van der Waals surface area contributed by atoms with Crippen molar-refractivity contribution in [1.29, 1.82) is 0 Å². The topological polar surface area (TPSA) is 95.1 Å². The lowest BCUT2D eigenvalue weighted by Crippen LogP contribution is -2.52. The lowest BCUT2D eigenvalue weighted by molar-refractivity contribution is -0.141. The Morgan fingerprint density at radius 3 is 2.34 bits per heavy atom. The number of anilines is 1. The molecule has 0 unspecified atom stereocenters. The molecular weight excluding hydrogens is 425 g/mol. The summed E-state index contributed by atoms with van der Waals surface area (Å²) in [5.41, 5.74) is -2.06. The molecule has 0 aromatic carbocycles. The van der Waals surface area contributed by atoms with Crippen molar-refractivity contribution in [3.05, 3.63) is 45.6 Å². The summed E-state index contributed by atoms with van der Waals surface area (Å²) in [6, 6.07) is 0.778. The molecule has 1 aliphatic rings. The molecule has 32 heavy (non-hydrogen) atoms. The quantitative estimate of drug-likeness (QED) is 0.724. The van der Waals surface area contributed by atoms with Gasteiger partial charge in [0.1, 0.15) is 5.56 Å². The predicted molar refractivity (Wildman–Crippen MR) is 112 cm³/mol. The summed E-state index contributed by atoms with van der Waals surface area (Å²) in [7, 11) is 0. The van der Waals surface area contributed by atoms with Gasteiger partial charge in [-0.05, 0) is 37.8 Å². The van der Waals surface area contributed by atoms with Gasteiger partial charge in [0.15, 0.2) is 0 Å². The van der Waals surface area contributed by atoms with Gasteiger partial charge in [0, 0.05) is 44.0 Å². The van der Waals surface area contributed by atoms with Crippen LogP contribution in [0.3, 0.4) is 0 Å². The maximum Gasteiger partial charge on any atom is 0.421 e. The number of aromatic nitrogens is 4. The molecule has 1 fully saturated rings. The molecule has 0 saturated carbocycles. The molecule has 1 amide bonds. The summed E-state index contributed by atoms with van der Waals surface area (Å²) in [5.74, 6) is 0.654. The molecule has 1 aliphatic heterocycles. The van der Waals surface area contributed by atoms with Gasteiger partial charge in [-0.3, -0.25) is 9.59 Å². The van der Waals surface area contributed by atoms with Gasteiger partial charge in [-0.2, -0.15) is 18.3 Å². The molecule has 0 aliphatic carbocycles. The number of hydrogen-bond acceptors (Lipinski definition) is 6. The molecule has 2 aromatic heterocycles. The van der Waals surface area contributed by atoms with Gasteiger partial charge < -0.3 is 9.80 Å². The maximum atomic E-state index is 13.0. The zero-order chi connectivity index (χ0) is 23.5.